The van der Waals surface area contributed by atoms with Gasteiger partial charge >= 0.3 is 12.0 Å². The quantitative estimate of drug-likeness (QED) is 0.136. The average Bonchev–Trinajstić information content (AvgIpc) is 2.89. The van der Waals surface area contributed by atoms with Gasteiger partial charge in [-0.25, -0.2) is 15.0 Å². The predicted octanol–water partition coefficient (Wildman–Crippen LogP) is 4.02. The van der Waals surface area contributed by atoms with Crippen molar-refractivity contribution in [3.05, 3.63) is 59.9 Å². The Labute approximate surface area is 253 Å². The van der Waals surface area contributed by atoms with Crippen LogP contribution in [0.5, 0.6) is 17.2 Å². The fraction of sp³-hybridized carbons (Fsp3) is 0.308. The van der Waals surface area contributed by atoms with Gasteiger partial charge in [-0.15, -0.1) is 0 Å². The van der Waals surface area contributed by atoms with Crippen LogP contribution in [0.15, 0.2) is 46.7 Å². The Hall–Kier alpha value is -3.08. The molecule has 3 N–H and O–H groups in total. The summed E-state index contributed by atoms with van der Waals surface area (Å²) >= 11 is 4.39. The maximum Gasteiger partial charge on any atom is 0.338 e. The second-order valence-electron chi connectivity index (χ2n) is 8.03. The standard InChI is InChI=1S/C26H28I2N4O7/c1-5-37-24-17(27)9-15(10-18(24)28)12-29-32-21(33)13-39-19-8-7-16(11-20(19)36-4)23-22(25(34)38-6-2)14(3)30-26(35)31-23/h7-12,23H,5-6,13H2,1-4H3,(H,32,33)(H2,30,31,35)/b29-12-/t23-/m1/s1. The summed E-state index contributed by atoms with van der Waals surface area (Å²) in [7, 11) is 1.45. The van der Waals surface area contributed by atoms with Gasteiger partial charge in [0.1, 0.15) is 5.75 Å². The van der Waals surface area contributed by atoms with Crippen molar-refractivity contribution in [3.8, 4) is 17.2 Å². The predicted molar refractivity (Wildman–Crippen MR) is 161 cm³/mol. The van der Waals surface area contributed by atoms with Crippen molar-refractivity contribution >= 4 is 69.3 Å². The van der Waals surface area contributed by atoms with E-state index in [2.05, 4.69) is 66.3 Å². The monoisotopic (exact) mass is 762 g/mol. The number of methoxy groups -OCH3 is 1. The van der Waals surface area contributed by atoms with Crippen molar-refractivity contribution in [2.24, 2.45) is 5.10 Å². The molecule has 208 valence electrons. The number of nitrogens with one attached hydrogen (secondary N) is 3. The van der Waals surface area contributed by atoms with E-state index >= 15 is 0 Å². The van der Waals surface area contributed by atoms with E-state index in [-0.39, 0.29) is 18.8 Å². The fourth-order valence-electron chi connectivity index (χ4n) is 3.70. The van der Waals surface area contributed by atoms with Crippen molar-refractivity contribution < 1.29 is 33.3 Å². The lowest BCUT2D eigenvalue weighted by Crippen LogP contribution is -2.45. The number of ether oxygens (including phenoxy) is 4. The van der Waals surface area contributed by atoms with Crippen molar-refractivity contribution in [1.82, 2.24) is 16.1 Å². The number of carbonyl (C=O) groups is 3. The molecule has 1 aliphatic heterocycles. The van der Waals surface area contributed by atoms with Gasteiger partial charge in [-0.1, -0.05) is 6.07 Å². The van der Waals surface area contributed by atoms with Gasteiger partial charge in [0.15, 0.2) is 18.1 Å². The van der Waals surface area contributed by atoms with Gasteiger partial charge in [-0.3, -0.25) is 4.79 Å². The van der Waals surface area contributed by atoms with Crippen molar-refractivity contribution in [2.45, 2.75) is 26.8 Å². The van der Waals surface area contributed by atoms with Crippen LogP contribution < -0.4 is 30.3 Å². The highest BCUT2D eigenvalue weighted by molar-refractivity contribution is 14.1. The summed E-state index contributed by atoms with van der Waals surface area (Å²) in [6.45, 7) is 5.71. The number of rotatable bonds is 11. The first-order valence-corrected chi connectivity index (χ1v) is 14.0. The number of urea groups is 1. The average molecular weight is 762 g/mol. The number of allylic oxidation sites excluding steroid dienone is 1. The van der Waals surface area contributed by atoms with E-state index in [0.717, 1.165) is 18.5 Å². The number of nitrogens with zero attached hydrogens (tertiary/aromatic N) is 1. The van der Waals surface area contributed by atoms with Gasteiger partial charge in [0, 0.05) is 5.70 Å². The number of amides is 3. The summed E-state index contributed by atoms with van der Waals surface area (Å²) in [5.41, 5.74) is 4.49. The zero-order valence-electron chi connectivity index (χ0n) is 21.7. The van der Waals surface area contributed by atoms with E-state index in [9.17, 15) is 14.4 Å². The topological polar surface area (TPSA) is 137 Å². The number of halogens is 2. The molecule has 11 nitrogen and oxygen atoms in total. The van der Waals surface area contributed by atoms with Crippen LogP contribution in [0.25, 0.3) is 0 Å². The molecule has 0 aliphatic carbocycles. The van der Waals surface area contributed by atoms with Crippen LogP contribution in [0.2, 0.25) is 0 Å². The highest BCUT2D eigenvalue weighted by atomic mass is 127. The number of hydrogen-bond donors (Lipinski definition) is 3. The molecule has 1 aliphatic rings. The second-order valence-corrected chi connectivity index (χ2v) is 10.4. The number of hydrazone groups is 1. The number of esters is 1. The normalized spacial score (nSPS) is 14.9. The van der Waals surface area contributed by atoms with Crippen LogP contribution in [0.4, 0.5) is 4.79 Å². The molecule has 0 saturated heterocycles. The number of benzene rings is 2. The van der Waals surface area contributed by atoms with E-state index in [0.29, 0.717) is 29.4 Å². The molecule has 1 heterocycles. The van der Waals surface area contributed by atoms with Crippen LogP contribution in [-0.2, 0) is 14.3 Å². The lowest BCUT2D eigenvalue weighted by molar-refractivity contribution is -0.139. The summed E-state index contributed by atoms with van der Waals surface area (Å²) < 4.78 is 23.8. The van der Waals surface area contributed by atoms with Crippen molar-refractivity contribution in [2.75, 3.05) is 26.9 Å². The third-order valence-corrected chi connectivity index (χ3v) is 6.96. The van der Waals surface area contributed by atoms with E-state index in [1.54, 1.807) is 32.0 Å². The molecule has 0 unspecified atom stereocenters. The Bertz CT molecular complexity index is 1290. The van der Waals surface area contributed by atoms with Gasteiger partial charge in [-0.05, 0) is 101 Å². The fourth-order valence-corrected chi connectivity index (χ4v) is 5.82. The molecular weight excluding hydrogens is 734 g/mol. The summed E-state index contributed by atoms with van der Waals surface area (Å²) in [6, 6.07) is 7.50. The number of carbonyl (C=O) groups excluding carboxylic acids is 3. The first-order valence-electron chi connectivity index (χ1n) is 11.9. The summed E-state index contributed by atoms with van der Waals surface area (Å²) in [5, 5.41) is 9.33. The molecule has 2 aromatic rings. The van der Waals surface area contributed by atoms with Crippen LogP contribution in [0.1, 0.15) is 37.9 Å². The molecule has 3 amide bonds. The number of hydrogen-bond acceptors (Lipinski definition) is 8. The minimum Gasteiger partial charge on any atom is -0.493 e. The SMILES string of the molecule is CCOC(=O)C1=C(C)NC(=O)N[C@@H]1c1ccc(OCC(=O)N/N=C\c2cc(I)c(OCC)c(I)c2)c(OC)c1. The molecule has 0 fully saturated rings. The maximum atomic E-state index is 12.6. The van der Waals surface area contributed by atoms with E-state index in [4.69, 9.17) is 18.9 Å². The molecule has 0 aromatic heterocycles. The van der Waals surface area contributed by atoms with Gasteiger partial charge in [0.25, 0.3) is 5.91 Å². The molecule has 0 saturated carbocycles. The molecule has 3 rings (SSSR count). The lowest BCUT2D eigenvalue weighted by Gasteiger charge is -2.28. The minimum atomic E-state index is -0.757. The van der Waals surface area contributed by atoms with Crippen molar-refractivity contribution in [3.63, 3.8) is 0 Å². The zero-order chi connectivity index (χ0) is 28.5. The van der Waals surface area contributed by atoms with E-state index in [1.165, 1.54) is 13.3 Å². The third kappa shape index (κ3) is 7.97. The molecule has 2 aromatic carbocycles. The molecule has 13 heteroatoms. The smallest absolute Gasteiger partial charge is 0.338 e. The van der Waals surface area contributed by atoms with Crippen LogP contribution in [0, 0.1) is 7.14 Å². The first-order chi connectivity index (χ1) is 18.7. The first kappa shape index (κ1) is 30.5. The van der Waals surface area contributed by atoms with Crippen LogP contribution in [-0.4, -0.2) is 51.1 Å². The molecular formula is C26H28I2N4O7. The van der Waals surface area contributed by atoms with E-state index in [1.807, 2.05) is 19.1 Å². The largest absolute Gasteiger partial charge is 0.493 e. The Balaban J connectivity index is 1.67. The van der Waals surface area contributed by atoms with Crippen LogP contribution in [0.3, 0.4) is 0 Å². The third-order valence-electron chi connectivity index (χ3n) is 5.36. The Morgan fingerprint density at radius 3 is 2.44 bits per heavy atom. The summed E-state index contributed by atoms with van der Waals surface area (Å²) in [4.78, 5) is 37.0. The van der Waals surface area contributed by atoms with Gasteiger partial charge in [0.05, 0.1) is 45.3 Å². The van der Waals surface area contributed by atoms with Gasteiger partial charge in [0.2, 0.25) is 0 Å². The molecule has 0 bridgehead atoms. The molecule has 0 spiro atoms. The highest BCUT2D eigenvalue weighted by Gasteiger charge is 2.32. The van der Waals surface area contributed by atoms with E-state index < -0.39 is 23.9 Å². The Morgan fingerprint density at radius 2 is 1.79 bits per heavy atom. The van der Waals surface area contributed by atoms with Crippen LogP contribution >= 0.6 is 45.2 Å². The minimum absolute atomic E-state index is 0.192. The molecule has 1 atom stereocenters. The second kappa shape index (κ2) is 14.3. The van der Waals surface area contributed by atoms with Gasteiger partial charge in [-0.2, -0.15) is 5.10 Å². The maximum absolute atomic E-state index is 12.6. The highest BCUT2D eigenvalue weighted by Crippen LogP contribution is 2.34. The summed E-state index contributed by atoms with van der Waals surface area (Å²) in [6.07, 6.45) is 1.54. The summed E-state index contributed by atoms with van der Waals surface area (Å²) in [5.74, 6) is 0.421. The zero-order valence-corrected chi connectivity index (χ0v) is 26.0. The Kier molecular flexibility index (Phi) is 11.2. The van der Waals surface area contributed by atoms with Crippen molar-refractivity contribution in [1.29, 1.82) is 0 Å². The lowest BCUT2D eigenvalue weighted by atomic mass is 9.95. The molecule has 39 heavy (non-hydrogen) atoms. The van der Waals surface area contributed by atoms with Gasteiger partial charge < -0.3 is 29.6 Å². The Morgan fingerprint density at radius 1 is 1.08 bits per heavy atom. The molecule has 0 radical (unpaired) electrons.